The molecular weight excluding hydrogens is 280 g/mol. The summed E-state index contributed by atoms with van der Waals surface area (Å²) in [6.07, 6.45) is 1.49. The number of carbonyl (C=O) groups is 1. The van der Waals surface area contributed by atoms with Gasteiger partial charge in [0.1, 0.15) is 11.6 Å². The van der Waals surface area contributed by atoms with Crippen LogP contribution in [0.4, 0.5) is 14.5 Å². The van der Waals surface area contributed by atoms with E-state index in [1.54, 1.807) is 4.68 Å². The van der Waals surface area contributed by atoms with Gasteiger partial charge in [-0.1, -0.05) is 5.21 Å². The summed E-state index contributed by atoms with van der Waals surface area (Å²) in [4.78, 5) is 12.0. The number of carbonyl (C=O) groups excluding carboxylic acids is 1. The standard InChI is InChI=1S/C13H13F2N5O/c1-7-2-10(15)11(3-9(7)14)17-13(21)12-6-20(19-18-12)8-4-16-5-8/h2-3,6,8,16H,4-5H2,1H3,(H,17,21). The molecule has 0 spiro atoms. The minimum absolute atomic E-state index is 0.0577. The predicted molar refractivity (Wildman–Crippen MR) is 71.0 cm³/mol. The maximum Gasteiger partial charge on any atom is 0.277 e. The highest BCUT2D eigenvalue weighted by molar-refractivity contribution is 6.02. The van der Waals surface area contributed by atoms with Crippen LogP contribution in [0.25, 0.3) is 0 Å². The first-order valence-electron chi connectivity index (χ1n) is 6.44. The Morgan fingerprint density at radius 2 is 2.14 bits per heavy atom. The molecule has 6 nitrogen and oxygen atoms in total. The zero-order chi connectivity index (χ0) is 15.0. The Morgan fingerprint density at radius 1 is 1.38 bits per heavy atom. The van der Waals surface area contributed by atoms with Crippen LogP contribution in [0.1, 0.15) is 22.1 Å². The van der Waals surface area contributed by atoms with Gasteiger partial charge in [-0.05, 0) is 18.6 Å². The monoisotopic (exact) mass is 293 g/mol. The molecule has 1 aromatic heterocycles. The highest BCUT2D eigenvalue weighted by Crippen LogP contribution is 2.19. The molecule has 21 heavy (non-hydrogen) atoms. The zero-order valence-corrected chi connectivity index (χ0v) is 11.2. The molecule has 1 amide bonds. The van der Waals surface area contributed by atoms with Crippen molar-refractivity contribution in [2.45, 2.75) is 13.0 Å². The first kappa shape index (κ1) is 13.6. The fourth-order valence-corrected chi connectivity index (χ4v) is 1.95. The van der Waals surface area contributed by atoms with Gasteiger partial charge >= 0.3 is 0 Å². The molecule has 8 heteroatoms. The van der Waals surface area contributed by atoms with Crippen molar-refractivity contribution in [3.63, 3.8) is 0 Å². The van der Waals surface area contributed by atoms with Crippen molar-refractivity contribution in [1.29, 1.82) is 0 Å². The van der Waals surface area contributed by atoms with Gasteiger partial charge in [0.2, 0.25) is 0 Å². The van der Waals surface area contributed by atoms with Crippen molar-refractivity contribution < 1.29 is 13.6 Å². The molecule has 3 rings (SSSR count). The second-order valence-electron chi connectivity index (χ2n) is 4.93. The molecule has 2 aromatic rings. The lowest BCUT2D eigenvalue weighted by Crippen LogP contribution is -2.43. The van der Waals surface area contributed by atoms with Crippen molar-refractivity contribution in [3.05, 3.63) is 41.2 Å². The molecule has 1 fully saturated rings. The van der Waals surface area contributed by atoms with E-state index in [2.05, 4.69) is 20.9 Å². The summed E-state index contributed by atoms with van der Waals surface area (Å²) in [7, 11) is 0. The summed E-state index contributed by atoms with van der Waals surface area (Å²) in [6.45, 7) is 2.98. The van der Waals surface area contributed by atoms with Gasteiger partial charge in [0.15, 0.2) is 5.69 Å². The SMILES string of the molecule is Cc1cc(F)c(NC(=O)c2cn(C3CNC3)nn2)cc1F. The van der Waals surface area contributed by atoms with Crippen LogP contribution in [0, 0.1) is 18.6 Å². The number of hydrogen-bond acceptors (Lipinski definition) is 4. The molecule has 0 saturated carbocycles. The predicted octanol–water partition coefficient (Wildman–Crippen LogP) is 1.26. The maximum absolute atomic E-state index is 13.7. The molecule has 0 atom stereocenters. The fourth-order valence-electron chi connectivity index (χ4n) is 1.95. The molecule has 2 heterocycles. The van der Waals surface area contributed by atoms with Crippen molar-refractivity contribution >= 4 is 11.6 Å². The average Bonchev–Trinajstić information content (AvgIpc) is 2.83. The first-order valence-corrected chi connectivity index (χ1v) is 6.44. The van der Waals surface area contributed by atoms with Gasteiger partial charge in [0.05, 0.1) is 17.9 Å². The Hall–Kier alpha value is -2.35. The third-order valence-corrected chi connectivity index (χ3v) is 3.37. The highest BCUT2D eigenvalue weighted by Gasteiger charge is 2.22. The van der Waals surface area contributed by atoms with E-state index in [0.717, 1.165) is 25.2 Å². The van der Waals surface area contributed by atoms with Gasteiger partial charge in [-0.2, -0.15) is 0 Å². The molecule has 0 bridgehead atoms. The third kappa shape index (κ3) is 2.62. The van der Waals surface area contributed by atoms with Crippen molar-refractivity contribution in [1.82, 2.24) is 20.3 Å². The zero-order valence-electron chi connectivity index (χ0n) is 11.2. The third-order valence-electron chi connectivity index (χ3n) is 3.37. The number of anilines is 1. The summed E-state index contributed by atoms with van der Waals surface area (Å²) in [5.41, 5.74) is 0.0131. The molecule has 110 valence electrons. The van der Waals surface area contributed by atoms with Crippen LogP contribution in [0.3, 0.4) is 0 Å². The number of rotatable bonds is 3. The largest absolute Gasteiger partial charge is 0.318 e. The Balaban J connectivity index is 1.76. The highest BCUT2D eigenvalue weighted by atomic mass is 19.1. The van der Waals surface area contributed by atoms with E-state index in [1.807, 2.05) is 0 Å². The Labute approximate surface area is 119 Å². The molecule has 1 aromatic carbocycles. The van der Waals surface area contributed by atoms with E-state index in [-0.39, 0.29) is 23.0 Å². The topological polar surface area (TPSA) is 71.8 Å². The molecular formula is C13H13F2N5O. The molecule has 1 aliphatic heterocycles. The molecule has 1 saturated heterocycles. The van der Waals surface area contributed by atoms with Crippen LogP contribution in [0.5, 0.6) is 0 Å². The van der Waals surface area contributed by atoms with Crippen LogP contribution < -0.4 is 10.6 Å². The summed E-state index contributed by atoms with van der Waals surface area (Å²) < 4.78 is 28.7. The van der Waals surface area contributed by atoms with Crippen LogP contribution in [0.15, 0.2) is 18.3 Å². The number of aryl methyl sites for hydroxylation is 1. The summed E-state index contributed by atoms with van der Waals surface area (Å²) in [6, 6.07) is 2.15. The summed E-state index contributed by atoms with van der Waals surface area (Å²) in [5, 5.41) is 13.0. The fraction of sp³-hybridized carbons (Fsp3) is 0.308. The van der Waals surface area contributed by atoms with Crippen LogP contribution in [0.2, 0.25) is 0 Å². The van der Waals surface area contributed by atoms with Crippen LogP contribution in [-0.4, -0.2) is 34.0 Å². The first-order chi connectivity index (χ1) is 10.0. The molecule has 0 unspecified atom stereocenters. The molecule has 2 N–H and O–H groups in total. The van der Waals surface area contributed by atoms with Gasteiger partial charge in [0.25, 0.3) is 5.91 Å². The molecule has 1 aliphatic rings. The van der Waals surface area contributed by atoms with Crippen LogP contribution in [-0.2, 0) is 0 Å². The lowest BCUT2D eigenvalue weighted by Gasteiger charge is -2.26. The quantitative estimate of drug-likeness (QED) is 0.893. The van der Waals surface area contributed by atoms with Crippen molar-refractivity contribution in [2.75, 3.05) is 18.4 Å². The minimum Gasteiger partial charge on any atom is -0.318 e. The molecule has 0 aliphatic carbocycles. The molecule has 0 radical (unpaired) electrons. The second-order valence-corrected chi connectivity index (χ2v) is 4.93. The van der Waals surface area contributed by atoms with Crippen LogP contribution >= 0.6 is 0 Å². The van der Waals surface area contributed by atoms with E-state index >= 15 is 0 Å². The smallest absolute Gasteiger partial charge is 0.277 e. The summed E-state index contributed by atoms with van der Waals surface area (Å²) >= 11 is 0. The Morgan fingerprint density at radius 3 is 2.81 bits per heavy atom. The van der Waals surface area contributed by atoms with E-state index < -0.39 is 17.5 Å². The van der Waals surface area contributed by atoms with Gasteiger partial charge in [-0.3, -0.25) is 4.79 Å². The van der Waals surface area contributed by atoms with E-state index in [9.17, 15) is 13.6 Å². The van der Waals surface area contributed by atoms with Crippen molar-refractivity contribution in [2.24, 2.45) is 0 Å². The summed E-state index contributed by atoms with van der Waals surface area (Å²) in [5.74, 6) is -1.91. The number of benzene rings is 1. The number of hydrogen-bond donors (Lipinski definition) is 2. The number of aromatic nitrogens is 3. The maximum atomic E-state index is 13.7. The van der Waals surface area contributed by atoms with Gasteiger partial charge in [-0.25, -0.2) is 13.5 Å². The number of halogens is 2. The van der Waals surface area contributed by atoms with Crippen molar-refractivity contribution in [3.8, 4) is 0 Å². The number of amides is 1. The van der Waals surface area contributed by atoms with E-state index in [0.29, 0.717) is 0 Å². The lowest BCUT2D eigenvalue weighted by molar-refractivity contribution is 0.102. The van der Waals surface area contributed by atoms with Gasteiger partial charge < -0.3 is 10.6 Å². The lowest BCUT2D eigenvalue weighted by atomic mass is 10.2. The second kappa shape index (κ2) is 5.21. The van der Waals surface area contributed by atoms with E-state index in [4.69, 9.17) is 0 Å². The number of nitrogens with one attached hydrogen (secondary N) is 2. The average molecular weight is 293 g/mol. The normalized spacial score (nSPS) is 14.8. The Bertz CT molecular complexity index is 696. The van der Waals surface area contributed by atoms with Gasteiger partial charge in [-0.15, -0.1) is 5.10 Å². The van der Waals surface area contributed by atoms with E-state index in [1.165, 1.54) is 13.1 Å². The Kier molecular flexibility index (Phi) is 3.38. The number of nitrogens with zero attached hydrogens (tertiary/aromatic N) is 3. The minimum atomic E-state index is -0.696. The van der Waals surface area contributed by atoms with Gasteiger partial charge in [0, 0.05) is 19.2 Å².